The van der Waals surface area contributed by atoms with Crippen molar-refractivity contribution in [1.29, 1.82) is 0 Å². The first-order valence-electron chi connectivity index (χ1n) is 9.17. The number of carbonyl (C=O) groups is 2. The number of aryl methyl sites for hydroxylation is 2. The molecule has 0 bridgehead atoms. The molecule has 4 aromatic rings. The van der Waals surface area contributed by atoms with Crippen molar-refractivity contribution in [3.63, 3.8) is 0 Å². The zero-order valence-corrected chi connectivity index (χ0v) is 15.7. The molecule has 1 heterocycles. The number of aromatic nitrogens is 1. The van der Waals surface area contributed by atoms with Crippen LogP contribution >= 0.6 is 0 Å². The van der Waals surface area contributed by atoms with E-state index in [0.717, 1.165) is 32.9 Å². The zero-order chi connectivity index (χ0) is 19.1. The summed E-state index contributed by atoms with van der Waals surface area (Å²) in [7, 11) is 2.01. The second-order valence-corrected chi connectivity index (χ2v) is 6.94. The number of nitrogens with zero attached hydrogens (tertiary/aromatic N) is 1. The van der Waals surface area contributed by atoms with E-state index in [0.29, 0.717) is 17.5 Å². The summed E-state index contributed by atoms with van der Waals surface area (Å²) < 4.78 is 2.10. The highest BCUT2D eigenvalue weighted by atomic mass is 16.1. The van der Waals surface area contributed by atoms with Crippen LogP contribution in [0.25, 0.3) is 21.8 Å². The minimum Gasteiger partial charge on any atom is -0.344 e. The van der Waals surface area contributed by atoms with E-state index in [-0.39, 0.29) is 11.6 Å². The van der Waals surface area contributed by atoms with Gasteiger partial charge in [-0.3, -0.25) is 9.59 Å². The van der Waals surface area contributed by atoms with Crippen LogP contribution in [0.15, 0.2) is 60.7 Å². The molecule has 0 saturated carbocycles. The predicted octanol–water partition coefficient (Wildman–Crippen LogP) is 5.46. The van der Waals surface area contributed by atoms with Gasteiger partial charge in [-0.15, -0.1) is 0 Å². The highest BCUT2D eigenvalue weighted by Gasteiger charge is 2.16. The maximum atomic E-state index is 13.0. The second kappa shape index (κ2) is 6.51. The number of carbonyl (C=O) groups excluding carboxylic acids is 2. The third-order valence-electron chi connectivity index (χ3n) is 5.30. The normalized spacial score (nSPS) is 11.2. The van der Waals surface area contributed by atoms with Gasteiger partial charge in [0.1, 0.15) is 0 Å². The number of rotatable bonds is 4. The minimum atomic E-state index is 0.0211. The molecular weight excluding hydrogens is 334 g/mol. The Morgan fingerprint density at radius 3 is 2.07 bits per heavy atom. The van der Waals surface area contributed by atoms with Gasteiger partial charge in [-0.05, 0) is 48.9 Å². The molecule has 4 rings (SSSR count). The number of ketones is 2. The third-order valence-corrected chi connectivity index (χ3v) is 5.30. The molecule has 3 heteroatoms. The van der Waals surface area contributed by atoms with Crippen LogP contribution in [0.1, 0.15) is 45.2 Å². The Balaban J connectivity index is 1.93. The number of benzene rings is 3. The van der Waals surface area contributed by atoms with E-state index in [2.05, 4.69) is 4.57 Å². The summed E-state index contributed by atoms with van der Waals surface area (Å²) in [6.45, 7) is 3.82. The number of Topliss-reactive ketones (excluding diaryl/α,β-unsaturated/α-hetero) is 1. The van der Waals surface area contributed by atoms with E-state index in [4.69, 9.17) is 0 Å². The van der Waals surface area contributed by atoms with Crippen molar-refractivity contribution >= 4 is 33.4 Å². The molecule has 134 valence electrons. The molecule has 0 atom stereocenters. The summed E-state index contributed by atoms with van der Waals surface area (Å²) in [5.41, 5.74) is 5.17. The average molecular weight is 355 g/mol. The molecule has 27 heavy (non-hydrogen) atoms. The summed E-state index contributed by atoms with van der Waals surface area (Å²) >= 11 is 0. The largest absolute Gasteiger partial charge is 0.344 e. The van der Waals surface area contributed by atoms with Gasteiger partial charge in [0.05, 0.1) is 0 Å². The maximum absolute atomic E-state index is 13.0. The third kappa shape index (κ3) is 2.76. The van der Waals surface area contributed by atoms with Crippen LogP contribution in [0.2, 0.25) is 0 Å². The molecule has 0 aliphatic carbocycles. The fourth-order valence-electron chi connectivity index (χ4n) is 3.72. The molecule has 0 amide bonds. The summed E-state index contributed by atoms with van der Waals surface area (Å²) in [5, 5.41) is 2.00. The Morgan fingerprint density at radius 1 is 0.852 bits per heavy atom. The van der Waals surface area contributed by atoms with Gasteiger partial charge in [-0.25, -0.2) is 0 Å². The zero-order valence-electron chi connectivity index (χ0n) is 15.7. The Kier molecular flexibility index (Phi) is 4.15. The first-order chi connectivity index (χ1) is 13.0. The Labute approximate surface area is 158 Å². The Bertz CT molecular complexity index is 1210. The fraction of sp³-hybridized carbons (Fsp3) is 0.167. The SMILES string of the molecule is CCC(=O)c1ccc2c(c1)c1cc(C(=O)c3ccccc3C)ccc1n2C. The van der Waals surface area contributed by atoms with Crippen LogP contribution in [-0.2, 0) is 7.05 Å². The quantitative estimate of drug-likeness (QED) is 0.456. The molecular formula is C24H21NO2. The Hall–Kier alpha value is -3.20. The molecule has 0 spiro atoms. The summed E-state index contributed by atoms with van der Waals surface area (Å²) in [6.07, 6.45) is 0.479. The number of hydrogen-bond acceptors (Lipinski definition) is 2. The van der Waals surface area contributed by atoms with Gasteiger partial charge < -0.3 is 4.57 Å². The van der Waals surface area contributed by atoms with Gasteiger partial charge in [-0.2, -0.15) is 0 Å². The minimum absolute atomic E-state index is 0.0211. The Morgan fingerprint density at radius 2 is 1.44 bits per heavy atom. The van der Waals surface area contributed by atoms with Crippen molar-refractivity contribution in [3.05, 3.63) is 82.9 Å². The highest BCUT2D eigenvalue weighted by Crippen LogP contribution is 2.30. The predicted molar refractivity (Wildman–Crippen MR) is 110 cm³/mol. The highest BCUT2D eigenvalue weighted by molar-refractivity contribution is 6.16. The van der Waals surface area contributed by atoms with Crippen molar-refractivity contribution < 1.29 is 9.59 Å². The summed E-state index contributed by atoms with van der Waals surface area (Å²) in [4.78, 5) is 25.2. The van der Waals surface area contributed by atoms with E-state index in [9.17, 15) is 9.59 Å². The lowest BCUT2D eigenvalue weighted by Gasteiger charge is -2.05. The molecule has 0 N–H and O–H groups in total. The van der Waals surface area contributed by atoms with Gasteiger partial charge in [0.25, 0.3) is 0 Å². The van der Waals surface area contributed by atoms with E-state index in [1.165, 1.54) is 0 Å². The molecule has 3 nitrogen and oxygen atoms in total. The average Bonchev–Trinajstić information content (AvgIpc) is 2.98. The monoisotopic (exact) mass is 355 g/mol. The van der Waals surface area contributed by atoms with Crippen LogP contribution in [0.3, 0.4) is 0 Å². The first-order valence-corrected chi connectivity index (χ1v) is 9.17. The molecule has 3 aromatic carbocycles. The van der Waals surface area contributed by atoms with E-state index in [1.54, 1.807) is 0 Å². The van der Waals surface area contributed by atoms with Crippen LogP contribution in [0.4, 0.5) is 0 Å². The van der Waals surface area contributed by atoms with Gasteiger partial charge in [0.15, 0.2) is 11.6 Å². The molecule has 0 aliphatic heterocycles. The molecule has 0 unspecified atom stereocenters. The standard InChI is InChI=1S/C24H21NO2/c1-4-23(26)16-9-11-21-19(13-16)20-14-17(10-12-22(20)25(21)3)24(27)18-8-6-5-7-15(18)2/h5-14H,4H2,1-3H3. The molecule has 0 saturated heterocycles. The van der Waals surface area contributed by atoms with Crippen molar-refractivity contribution in [3.8, 4) is 0 Å². The van der Waals surface area contributed by atoms with Crippen molar-refractivity contribution in [2.24, 2.45) is 7.05 Å². The summed E-state index contributed by atoms with van der Waals surface area (Å²) in [6, 6.07) is 19.3. The molecule has 1 aromatic heterocycles. The lowest BCUT2D eigenvalue weighted by Crippen LogP contribution is -2.03. The van der Waals surface area contributed by atoms with Crippen molar-refractivity contribution in [1.82, 2.24) is 4.57 Å². The van der Waals surface area contributed by atoms with Gasteiger partial charge in [0, 0.05) is 52.0 Å². The van der Waals surface area contributed by atoms with Gasteiger partial charge in [0.2, 0.25) is 0 Å². The first kappa shape index (κ1) is 17.2. The van der Waals surface area contributed by atoms with Crippen molar-refractivity contribution in [2.45, 2.75) is 20.3 Å². The van der Waals surface area contributed by atoms with Gasteiger partial charge >= 0.3 is 0 Å². The van der Waals surface area contributed by atoms with Crippen LogP contribution in [0, 0.1) is 6.92 Å². The topological polar surface area (TPSA) is 39.1 Å². The van der Waals surface area contributed by atoms with Gasteiger partial charge in [-0.1, -0.05) is 31.2 Å². The van der Waals surface area contributed by atoms with Crippen LogP contribution in [-0.4, -0.2) is 16.1 Å². The number of hydrogen-bond donors (Lipinski definition) is 0. The van der Waals surface area contributed by atoms with Crippen molar-refractivity contribution in [2.75, 3.05) is 0 Å². The molecule has 0 radical (unpaired) electrons. The lowest BCUT2D eigenvalue weighted by molar-refractivity contribution is 0.0987. The molecule has 0 aliphatic rings. The van der Waals surface area contributed by atoms with E-state index in [1.807, 2.05) is 81.6 Å². The smallest absolute Gasteiger partial charge is 0.193 e. The lowest BCUT2D eigenvalue weighted by atomic mass is 9.97. The number of fused-ring (bicyclic) bond motifs is 3. The summed E-state index contributed by atoms with van der Waals surface area (Å²) in [5.74, 6) is 0.147. The van der Waals surface area contributed by atoms with E-state index >= 15 is 0 Å². The fourth-order valence-corrected chi connectivity index (χ4v) is 3.72. The van der Waals surface area contributed by atoms with Crippen LogP contribution < -0.4 is 0 Å². The molecule has 0 fully saturated rings. The second-order valence-electron chi connectivity index (χ2n) is 6.94. The van der Waals surface area contributed by atoms with E-state index < -0.39 is 0 Å². The van der Waals surface area contributed by atoms with Crippen LogP contribution in [0.5, 0.6) is 0 Å². The maximum Gasteiger partial charge on any atom is 0.193 e.